The number of hydrogen-bond donors (Lipinski definition) is 3. The Hall–Kier alpha value is -1.16. The van der Waals surface area contributed by atoms with Crippen LogP contribution in [0.2, 0.25) is 0 Å². The Morgan fingerprint density at radius 3 is 2.53 bits per heavy atom. The smallest absolute Gasteiger partial charge is 0.0751 e. The molecule has 0 saturated heterocycles. The second kappa shape index (κ2) is 9.14. The third-order valence-electron chi connectivity index (χ3n) is 8.21. The average molecular weight is 415 g/mol. The quantitative estimate of drug-likeness (QED) is 0.514. The minimum atomic E-state index is -0.682. The van der Waals surface area contributed by atoms with E-state index >= 15 is 0 Å². The number of fused-ring (bicyclic) bond motifs is 1. The van der Waals surface area contributed by atoms with Crippen LogP contribution in [0.5, 0.6) is 0 Å². The molecule has 3 aliphatic carbocycles. The van der Waals surface area contributed by atoms with Crippen molar-refractivity contribution in [2.45, 2.75) is 91.0 Å². The van der Waals surface area contributed by atoms with Crippen molar-refractivity contribution < 1.29 is 15.3 Å². The van der Waals surface area contributed by atoms with Crippen molar-refractivity contribution in [1.82, 2.24) is 0 Å². The van der Waals surface area contributed by atoms with Crippen molar-refractivity contribution in [1.29, 1.82) is 0 Å². The molecule has 3 nitrogen and oxygen atoms in total. The van der Waals surface area contributed by atoms with E-state index in [-0.39, 0.29) is 5.92 Å². The van der Waals surface area contributed by atoms with Crippen LogP contribution in [0.3, 0.4) is 0 Å². The summed E-state index contributed by atoms with van der Waals surface area (Å²) in [4.78, 5) is 0. The zero-order valence-corrected chi connectivity index (χ0v) is 19.5. The van der Waals surface area contributed by atoms with Gasteiger partial charge in [0, 0.05) is 12.3 Å². The lowest BCUT2D eigenvalue weighted by molar-refractivity contribution is 0.0436. The van der Waals surface area contributed by atoms with Crippen LogP contribution in [0.4, 0.5) is 0 Å². The largest absolute Gasteiger partial charge is 0.393 e. The summed E-state index contributed by atoms with van der Waals surface area (Å²) >= 11 is 0. The monoisotopic (exact) mass is 414 g/mol. The fourth-order valence-electron chi connectivity index (χ4n) is 5.97. The van der Waals surface area contributed by atoms with Crippen molar-refractivity contribution in [3.05, 3.63) is 47.6 Å². The van der Waals surface area contributed by atoms with Crippen LogP contribution in [-0.4, -0.2) is 33.1 Å². The van der Waals surface area contributed by atoms with Gasteiger partial charge in [0.15, 0.2) is 0 Å². The lowest BCUT2D eigenvalue weighted by atomic mass is 9.62. The van der Waals surface area contributed by atoms with E-state index in [0.717, 1.165) is 12.0 Å². The Bertz CT molecular complexity index is 723. The van der Waals surface area contributed by atoms with Gasteiger partial charge < -0.3 is 15.3 Å². The van der Waals surface area contributed by atoms with Crippen LogP contribution < -0.4 is 0 Å². The van der Waals surface area contributed by atoms with Crippen LogP contribution in [0.15, 0.2) is 47.6 Å². The van der Waals surface area contributed by atoms with Crippen LogP contribution in [0.1, 0.15) is 73.1 Å². The summed E-state index contributed by atoms with van der Waals surface area (Å²) < 4.78 is 0. The molecule has 0 aromatic carbocycles. The van der Waals surface area contributed by atoms with Crippen molar-refractivity contribution >= 4 is 0 Å². The highest BCUT2D eigenvalue weighted by molar-refractivity contribution is 5.35. The highest BCUT2D eigenvalue weighted by Crippen LogP contribution is 2.58. The molecule has 0 unspecified atom stereocenters. The Balaban J connectivity index is 1.71. The molecule has 0 aliphatic heterocycles. The van der Waals surface area contributed by atoms with Crippen molar-refractivity contribution in [2.24, 2.45) is 29.1 Å². The molecule has 1 fully saturated rings. The average Bonchev–Trinajstić information content (AvgIpc) is 3.00. The standard InChI is InChI=1S/C27H42O3/c1-18(8-9-19(2)26(3,4)30)24-12-13-25-21(7-6-14-27(24,25)5)11-10-20-15-22(28)17-23(29)16-20/h7-11,15,18-19,22-25,28-30H,6,12-14,16-17H2,1-5H3/b9-8+,11-10+/t18-,19+,22-,23-,24-,25-,27-/m1/s1. The molecule has 0 spiro atoms. The van der Waals surface area contributed by atoms with E-state index < -0.39 is 17.8 Å². The molecule has 30 heavy (non-hydrogen) atoms. The fourth-order valence-corrected chi connectivity index (χ4v) is 5.97. The topological polar surface area (TPSA) is 60.7 Å². The third-order valence-corrected chi connectivity index (χ3v) is 8.21. The molecule has 3 heteroatoms. The molecular weight excluding hydrogens is 372 g/mol. The minimum Gasteiger partial charge on any atom is -0.393 e. The molecule has 0 radical (unpaired) electrons. The van der Waals surface area contributed by atoms with E-state index in [0.29, 0.717) is 36.0 Å². The second-order valence-corrected chi connectivity index (χ2v) is 10.9. The maximum absolute atomic E-state index is 10.2. The predicted molar refractivity (Wildman–Crippen MR) is 124 cm³/mol. The first-order valence-electron chi connectivity index (χ1n) is 11.9. The van der Waals surface area contributed by atoms with E-state index in [4.69, 9.17) is 0 Å². The van der Waals surface area contributed by atoms with Crippen LogP contribution in [-0.2, 0) is 0 Å². The molecule has 0 aromatic rings. The van der Waals surface area contributed by atoms with Crippen molar-refractivity contribution in [3.8, 4) is 0 Å². The molecule has 3 rings (SSSR count). The summed E-state index contributed by atoms with van der Waals surface area (Å²) in [7, 11) is 0. The molecule has 3 N–H and O–H groups in total. The van der Waals surface area contributed by atoms with E-state index in [2.05, 4.69) is 51.2 Å². The van der Waals surface area contributed by atoms with Gasteiger partial charge in [0.2, 0.25) is 0 Å². The first kappa shape index (κ1) is 23.5. The summed E-state index contributed by atoms with van der Waals surface area (Å²) in [6.45, 7) is 10.7. The first-order valence-corrected chi connectivity index (χ1v) is 11.9. The third kappa shape index (κ3) is 5.18. The van der Waals surface area contributed by atoms with Crippen LogP contribution in [0, 0.1) is 29.1 Å². The van der Waals surface area contributed by atoms with Gasteiger partial charge in [-0.25, -0.2) is 0 Å². The maximum atomic E-state index is 10.2. The van der Waals surface area contributed by atoms with E-state index in [9.17, 15) is 15.3 Å². The molecule has 7 atom stereocenters. The molecule has 0 amide bonds. The summed E-state index contributed by atoms with van der Waals surface area (Å²) in [5, 5.41) is 30.1. The molecule has 168 valence electrons. The van der Waals surface area contributed by atoms with Gasteiger partial charge in [-0.15, -0.1) is 0 Å². The lowest BCUT2D eigenvalue weighted by Gasteiger charge is -2.42. The molecular formula is C27H42O3. The highest BCUT2D eigenvalue weighted by atomic mass is 16.3. The van der Waals surface area contributed by atoms with Gasteiger partial charge in [-0.2, -0.15) is 0 Å². The van der Waals surface area contributed by atoms with Gasteiger partial charge in [0.1, 0.15) is 0 Å². The SMILES string of the molecule is C[C@H](/C=C/[C@H](C)C(C)(C)O)[C@H]1CC[C@@H]2C(/C=C/C3=C[C@@H](O)C[C@H](O)C3)=CCC[C@@]21C. The number of rotatable bonds is 6. The van der Waals surface area contributed by atoms with Gasteiger partial charge >= 0.3 is 0 Å². The molecule has 0 bridgehead atoms. The van der Waals surface area contributed by atoms with Gasteiger partial charge in [0.25, 0.3) is 0 Å². The Morgan fingerprint density at radius 2 is 1.87 bits per heavy atom. The van der Waals surface area contributed by atoms with E-state index in [1.807, 2.05) is 19.9 Å². The maximum Gasteiger partial charge on any atom is 0.0751 e. The molecule has 1 saturated carbocycles. The summed E-state index contributed by atoms with van der Waals surface area (Å²) in [6, 6.07) is 0. The summed E-state index contributed by atoms with van der Waals surface area (Å²) in [5.74, 6) is 1.88. The number of hydrogen-bond acceptors (Lipinski definition) is 3. The van der Waals surface area contributed by atoms with Crippen LogP contribution in [0.25, 0.3) is 0 Å². The number of allylic oxidation sites excluding steroid dienone is 5. The minimum absolute atomic E-state index is 0.143. The highest BCUT2D eigenvalue weighted by Gasteiger charge is 2.49. The Labute approximate surface area is 183 Å². The lowest BCUT2D eigenvalue weighted by Crippen LogP contribution is -2.34. The van der Waals surface area contributed by atoms with Gasteiger partial charge in [-0.05, 0) is 80.3 Å². The van der Waals surface area contributed by atoms with Gasteiger partial charge in [0.05, 0.1) is 17.8 Å². The predicted octanol–water partition coefficient (Wildman–Crippen LogP) is 5.34. The number of aliphatic hydroxyl groups is 3. The fraction of sp³-hybridized carbons (Fsp3) is 0.704. The Kier molecular flexibility index (Phi) is 7.16. The van der Waals surface area contributed by atoms with Crippen molar-refractivity contribution in [2.75, 3.05) is 0 Å². The van der Waals surface area contributed by atoms with Crippen molar-refractivity contribution in [3.63, 3.8) is 0 Å². The summed E-state index contributed by atoms with van der Waals surface area (Å²) in [5.41, 5.74) is 2.10. The van der Waals surface area contributed by atoms with Crippen LogP contribution >= 0.6 is 0 Å². The number of aliphatic hydroxyl groups excluding tert-OH is 2. The molecule has 3 aliphatic rings. The molecule has 0 aromatic heterocycles. The zero-order valence-electron chi connectivity index (χ0n) is 19.5. The Morgan fingerprint density at radius 1 is 1.13 bits per heavy atom. The first-order chi connectivity index (χ1) is 14.0. The van der Waals surface area contributed by atoms with E-state index in [1.54, 1.807) is 0 Å². The normalized spacial score (nSPS) is 37.2. The van der Waals surface area contributed by atoms with Gasteiger partial charge in [-0.3, -0.25) is 0 Å². The summed E-state index contributed by atoms with van der Waals surface area (Å²) in [6.07, 6.45) is 18.1. The molecule has 0 heterocycles. The zero-order chi connectivity index (χ0) is 22.1. The van der Waals surface area contributed by atoms with Gasteiger partial charge in [-0.1, -0.05) is 57.2 Å². The second-order valence-electron chi connectivity index (χ2n) is 10.9. The van der Waals surface area contributed by atoms with E-state index in [1.165, 1.54) is 24.8 Å².